The number of carbonyl (C=O) groups is 1. The van der Waals surface area contributed by atoms with Gasteiger partial charge in [0.25, 0.3) is 5.03 Å². The molecule has 0 spiro atoms. The molecule has 0 radical (unpaired) electrons. The van der Waals surface area contributed by atoms with Gasteiger partial charge in [-0.15, -0.1) is 0 Å². The summed E-state index contributed by atoms with van der Waals surface area (Å²) in [5.74, 6) is 1.18. The molecule has 1 heterocycles. The molecule has 8 heteroatoms. The van der Waals surface area contributed by atoms with E-state index in [-0.39, 0.29) is 17.9 Å². The normalized spacial score (nSPS) is 28.9. The number of halogens is 1. The van der Waals surface area contributed by atoms with Crippen LogP contribution in [0.1, 0.15) is 38.5 Å². The van der Waals surface area contributed by atoms with Gasteiger partial charge in [-0.05, 0) is 31.1 Å². The van der Waals surface area contributed by atoms with Crippen LogP contribution in [0.3, 0.4) is 0 Å². The van der Waals surface area contributed by atoms with Crippen LogP contribution in [0.4, 0.5) is 5.95 Å². The molecule has 2 fully saturated rings. The van der Waals surface area contributed by atoms with Gasteiger partial charge in [0, 0.05) is 23.1 Å². The van der Waals surface area contributed by atoms with E-state index < -0.39 is 11.2 Å². The number of nitrogens with one attached hydrogen (secondary N) is 1. The molecule has 0 aliphatic heterocycles. The number of amides is 1. The van der Waals surface area contributed by atoms with E-state index in [1.165, 1.54) is 31.7 Å². The number of anilines is 1. The van der Waals surface area contributed by atoms with Crippen LogP contribution in [0.25, 0.3) is 0 Å². The van der Waals surface area contributed by atoms with E-state index in [4.69, 9.17) is 17.3 Å². The van der Waals surface area contributed by atoms with Crippen molar-refractivity contribution in [2.24, 2.45) is 23.5 Å². The van der Waals surface area contributed by atoms with Crippen molar-refractivity contribution in [2.75, 3.05) is 11.6 Å². The standard InChI is InChI=1S/C16H23ClN4O2S/c1-24(23)15-13(17)8-19-16(21-15)20-10-5-6-11(9-3-2-4-9)12(7-10)14(18)22/h8-12H,2-7H2,1H3,(H2,18,22)(H,19,20,21)/t10-,11?,12?,24?/m1/s1. The molecule has 24 heavy (non-hydrogen) atoms. The van der Waals surface area contributed by atoms with Crippen molar-refractivity contribution < 1.29 is 9.35 Å². The number of aromatic nitrogens is 2. The molecule has 132 valence electrons. The molecule has 1 amide bonds. The van der Waals surface area contributed by atoms with Gasteiger partial charge in [0.15, 0.2) is 0 Å². The smallest absolute Gasteiger partial charge is 0.267 e. The van der Waals surface area contributed by atoms with Crippen LogP contribution in [-0.2, 0) is 16.0 Å². The SMILES string of the molecule is C[S+]([O-])c1nc(N[C@@H]2CCC(C3CCC3)C(C(N)=O)C2)ncc1Cl. The van der Waals surface area contributed by atoms with Crippen LogP contribution in [-0.4, -0.2) is 32.7 Å². The Morgan fingerprint density at radius 3 is 2.75 bits per heavy atom. The fourth-order valence-corrected chi connectivity index (χ4v) is 4.85. The van der Waals surface area contributed by atoms with E-state index in [0.29, 0.717) is 34.3 Å². The first-order valence-electron chi connectivity index (χ1n) is 8.37. The molecule has 0 aromatic carbocycles. The molecular formula is C16H23ClN4O2S. The zero-order valence-electron chi connectivity index (χ0n) is 13.7. The average molecular weight is 371 g/mol. The zero-order valence-corrected chi connectivity index (χ0v) is 15.3. The van der Waals surface area contributed by atoms with Gasteiger partial charge in [-0.3, -0.25) is 4.79 Å². The Bertz CT molecular complexity index is 612. The molecule has 3 N–H and O–H groups in total. The summed E-state index contributed by atoms with van der Waals surface area (Å²) in [4.78, 5) is 20.3. The van der Waals surface area contributed by atoms with E-state index in [9.17, 15) is 9.35 Å². The summed E-state index contributed by atoms with van der Waals surface area (Å²) < 4.78 is 11.7. The van der Waals surface area contributed by atoms with Gasteiger partial charge in [-0.25, -0.2) is 4.98 Å². The molecule has 2 aliphatic carbocycles. The molecular weight excluding hydrogens is 348 g/mol. The number of primary amides is 1. The first-order valence-corrected chi connectivity index (χ1v) is 10.3. The topological polar surface area (TPSA) is 104 Å². The first kappa shape index (κ1) is 17.8. The van der Waals surface area contributed by atoms with Gasteiger partial charge in [0.2, 0.25) is 11.9 Å². The van der Waals surface area contributed by atoms with E-state index in [0.717, 1.165) is 12.8 Å². The molecule has 0 bridgehead atoms. The van der Waals surface area contributed by atoms with Crippen LogP contribution in [0, 0.1) is 17.8 Å². The predicted molar refractivity (Wildman–Crippen MR) is 94.2 cm³/mol. The molecule has 2 aliphatic rings. The van der Waals surface area contributed by atoms with Crippen LogP contribution in [0.5, 0.6) is 0 Å². The Balaban J connectivity index is 1.68. The minimum atomic E-state index is -1.27. The lowest BCUT2D eigenvalue weighted by molar-refractivity contribution is -0.126. The number of nitrogens with two attached hydrogens (primary N) is 1. The molecule has 4 atom stereocenters. The van der Waals surface area contributed by atoms with E-state index in [1.807, 2.05) is 0 Å². The largest absolute Gasteiger partial charge is 0.610 e. The van der Waals surface area contributed by atoms with E-state index >= 15 is 0 Å². The summed E-state index contributed by atoms with van der Waals surface area (Å²) in [6.45, 7) is 0. The average Bonchev–Trinajstić information content (AvgIpc) is 2.48. The van der Waals surface area contributed by atoms with E-state index in [2.05, 4.69) is 15.3 Å². The molecule has 6 nitrogen and oxygen atoms in total. The minimum absolute atomic E-state index is 0.0892. The van der Waals surface area contributed by atoms with Crippen molar-refractivity contribution in [3.63, 3.8) is 0 Å². The summed E-state index contributed by atoms with van der Waals surface area (Å²) in [6, 6.07) is 0.0955. The van der Waals surface area contributed by atoms with Crippen LogP contribution in [0.2, 0.25) is 5.02 Å². The lowest BCUT2D eigenvalue weighted by Gasteiger charge is -2.42. The number of carbonyl (C=O) groups excluding carboxylic acids is 1. The van der Waals surface area contributed by atoms with Gasteiger partial charge < -0.3 is 15.6 Å². The third kappa shape index (κ3) is 3.78. The van der Waals surface area contributed by atoms with Crippen molar-refractivity contribution in [1.29, 1.82) is 0 Å². The Morgan fingerprint density at radius 2 is 2.17 bits per heavy atom. The second-order valence-corrected chi connectivity index (χ2v) is 8.52. The molecule has 1 aromatic rings. The minimum Gasteiger partial charge on any atom is -0.610 e. The van der Waals surface area contributed by atoms with Crippen LogP contribution >= 0.6 is 11.6 Å². The van der Waals surface area contributed by atoms with Gasteiger partial charge in [-0.2, -0.15) is 4.98 Å². The maximum Gasteiger partial charge on any atom is 0.267 e. The predicted octanol–water partition coefficient (Wildman–Crippen LogP) is 2.35. The van der Waals surface area contributed by atoms with Crippen molar-refractivity contribution in [3.05, 3.63) is 11.2 Å². The van der Waals surface area contributed by atoms with E-state index in [1.54, 1.807) is 0 Å². The quantitative estimate of drug-likeness (QED) is 0.611. The third-order valence-electron chi connectivity index (χ3n) is 5.34. The Kier molecular flexibility index (Phi) is 5.52. The maximum absolute atomic E-state index is 11.9. The van der Waals surface area contributed by atoms with Gasteiger partial charge in [0.05, 0.1) is 6.20 Å². The fourth-order valence-electron chi connectivity index (χ4n) is 3.89. The second-order valence-electron chi connectivity index (χ2n) is 6.82. The molecule has 2 saturated carbocycles. The summed E-state index contributed by atoms with van der Waals surface area (Å²) in [6.07, 6.45) is 9.36. The molecule has 0 saturated heterocycles. The van der Waals surface area contributed by atoms with Crippen LogP contribution in [0.15, 0.2) is 11.2 Å². The molecule has 1 aromatic heterocycles. The van der Waals surface area contributed by atoms with Gasteiger partial charge in [-0.1, -0.05) is 30.9 Å². The number of rotatable bonds is 5. The second kappa shape index (κ2) is 7.45. The van der Waals surface area contributed by atoms with Gasteiger partial charge >= 0.3 is 0 Å². The fraction of sp³-hybridized carbons (Fsp3) is 0.688. The van der Waals surface area contributed by atoms with Gasteiger partial charge in [0.1, 0.15) is 11.3 Å². The Labute approximate surface area is 150 Å². The van der Waals surface area contributed by atoms with Crippen LogP contribution < -0.4 is 11.1 Å². The lowest BCUT2D eigenvalue weighted by atomic mass is 9.64. The maximum atomic E-state index is 11.9. The Morgan fingerprint density at radius 1 is 1.42 bits per heavy atom. The Hall–Kier alpha value is -1.05. The first-order chi connectivity index (χ1) is 11.5. The number of hydrogen-bond donors (Lipinski definition) is 2. The summed E-state index contributed by atoms with van der Waals surface area (Å²) in [7, 11) is 0. The van der Waals surface area contributed by atoms with Crippen molar-refractivity contribution in [2.45, 2.75) is 49.6 Å². The number of hydrogen-bond acceptors (Lipinski definition) is 5. The highest BCUT2D eigenvalue weighted by Gasteiger charge is 2.40. The number of nitrogens with zero attached hydrogens (tertiary/aromatic N) is 2. The molecule has 3 unspecified atom stereocenters. The highest BCUT2D eigenvalue weighted by molar-refractivity contribution is 7.90. The highest BCUT2D eigenvalue weighted by Crippen LogP contribution is 2.44. The monoisotopic (exact) mass is 370 g/mol. The van der Waals surface area contributed by atoms with Crippen molar-refractivity contribution in [1.82, 2.24) is 9.97 Å². The summed E-state index contributed by atoms with van der Waals surface area (Å²) >= 11 is 4.69. The zero-order chi connectivity index (χ0) is 17.3. The molecule has 3 rings (SSSR count). The van der Waals surface area contributed by atoms with Crippen molar-refractivity contribution in [3.8, 4) is 0 Å². The van der Waals surface area contributed by atoms with Crippen molar-refractivity contribution >= 4 is 34.6 Å². The lowest BCUT2D eigenvalue weighted by Crippen LogP contribution is -2.43. The summed E-state index contributed by atoms with van der Waals surface area (Å²) in [5, 5.41) is 3.88. The highest BCUT2D eigenvalue weighted by atomic mass is 35.5. The third-order valence-corrected chi connectivity index (χ3v) is 6.59. The summed E-state index contributed by atoms with van der Waals surface area (Å²) in [5.41, 5.74) is 5.66.